The van der Waals surface area contributed by atoms with Gasteiger partial charge in [0.05, 0.1) is 12.2 Å². The van der Waals surface area contributed by atoms with Gasteiger partial charge in [-0.3, -0.25) is 0 Å². The van der Waals surface area contributed by atoms with Crippen molar-refractivity contribution in [3.63, 3.8) is 0 Å². The molecule has 1 aliphatic rings. The molecule has 1 aliphatic carbocycles. The molecule has 0 aliphatic heterocycles. The summed E-state index contributed by atoms with van der Waals surface area (Å²) in [6.07, 6.45) is 5.42. The third-order valence-corrected chi connectivity index (χ3v) is 7.99. The fourth-order valence-corrected chi connectivity index (χ4v) is 4.91. The van der Waals surface area contributed by atoms with Crippen molar-refractivity contribution in [1.82, 2.24) is 0 Å². The van der Waals surface area contributed by atoms with Crippen LogP contribution in [0.15, 0.2) is 103 Å². The summed E-state index contributed by atoms with van der Waals surface area (Å²) in [5, 5.41) is 0. The van der Waals surface area contributed by atoms with Gasteiger partial charge in [0.25, 0.3) is 0 Å². The molecule has 0 atom stereocenters. The van der Waals surface area contributed by atoms with Crippen LogP contribution >= 0.6 is 0 Å². The lowest BCUT2D eigenvalue weighted by Gasteiger charge is -2.12. The SMILES string of the molecule is C.C.CC(C)=Cc1cccc(C(C)C)c1.CC(C)Oc1cccc(C(C)C)c1.CC(C)c1cccc(OC2CC2)c1.Cc1cccc(C(C)C)c1. The van der Waals surface area contributed by atoms with Gasteiger partial charge in [-0.15, -0.1) is 0 Å². The summed E-state index contributed by atoms with van der Waals surface area (Å²) >= 11 is 0. The Hall–Kier alpha value is -3.78. The van der Waals surface area contributed by atoms with E-state index in [0.29, 0.717) is 29.8 Å². The fourth-order valence-electron chi connectivity index (χ4n) is 4.91. The molecular formula is C49H74O2. The zero-order valence-corrected chi connectivity index (χ0v) is 33.0. The van der Waals surface area contributed by atoms with Crippen LogP contribution in [0.2, 0.25) is 0 Å². The third kappa shape index (κ3) is 20.0. The summed E-state index contributed by atoms with van der Waals surface area (Å²) < 4.78 is 11.3. The first-order chi connectivity index (χ1) is 23.1. The van der Waals surface area contributed by atoms with Gasteiger partial charge in [-0.2, -0.15) is 0 Å². The van der Waals surface area contributed by atoms with E-state index >= 15 is 0 Å². The molecule has 1 saturated carbocycles. The summed E-state index contributed by atoms with van der Waals surface area (Å²) in [6, 6.07) is 34.1. The average Bonchev–Trinajstić information content (AvgIpc) is 3.86. The molecule has 0 N–H and O–H groups in total. The minimum atomic E-state index is 0. The molecule has 0 aromatic heterocycles. The molecule has 0 radical (unpaired) electrons. The first kappa shape index (κ1) is 47.2. The molecule has 2 heteroatoms. The van der Waals surface area contributed by atoms with Crippen molar-refractivity contribution < 1.29 is 9.47 Å². The Bertz CT molecular complexity index is 1480. The average molecular weight is 695 g/mol. The Morgan fingerprint density at radius 2 is 0.961 bits per heavy atom. The molecular weight excluding hydrogens is 621 g/mol. The Morgan fingerprint density at radius 3 is 1.37 bits per heavy atom. The predicted octanol–water partition coefficient (Wildman–Crippen LogP) is 15.6. The molecule has 0 saturated heterocycles. The lowest BCUT2D eigenvalue weighted by atomic mass is 10.0. The normalized spacial score (nSPS) is 11.6. The first-order valence-corrected chi connectivity index (χ1v) is 18.5. The maximum absolute atomic E-state index is 5.72. The van der Waals surface area contributed by atoms with Crippen LogP contribution in [0.4, 0.5) is 0 Å². The standard InChI is InChI=1S/C13H18.C12H16O.C12H18O.C10H14.2CH4/c1-10(2)8-12-6-5-7-13(9-12)11(3)4;1-9(2)10-4-3-5-12(8-10)13-11-6-7-11;1-9(2)11-6-5-7-12(8-11)13-10(3)4;1-8(2)10-6-4-5-9(3)7-10;;/h5-9,11H,1-4H3;3-5,8-9,11H,6-7H2,1-2H3;5-10H,1-4H3;4-8H,1-3H3;2*1H4. The van der Waals surface area contributed by atoms with E-state index < -0.39 is 0 Å². The van der Waals surface area contributed by atoms with E-state index in [2.05, 4.69) is 161 Å². The third-order valence-electron chi connectivity index (χ3n) is 7.99. The van der Waals surface area contributed by atoms with Gasteiger partial charge in [0, 0.05) is 0 Å². The molecule has 4 aromatic rings. The van der Waals surface area contributed by atoms with Crippen LogP contribution in [-0.4, -0.2) is 12.2 Å². The van der Waals surface area contributed by atoms with Crippen molar-refractivity contribution in [3.05, 3.63) is 136 Å². The zero-order chi connectivity index (χ0) is 36.5. The van der Waals surface area contributed by atoms with Crippen molar-refractivity contribution in [2.75, 3.05) is 0 Å². The van der Waals surface area contributed by atoms with E-state index in [1.54, 1.807) is 0 Å². The minimum Gasteiger partial charge on any atom is -0.491 e. The molecule has 5 rings (SSSR count). The first-order valence-electron chi connectivity index (χ1n) is 18.5. The zero-order valence-electron chi connectivity index (χ0n) is 33.0. The minimum absolute atomic E-state index is 0. The highest BCUT2D eigenvalue weighted by molar-refractivity contribution is 5.53. The summed E-state index contributed by atoms with van der Waals surface area (Å²) in [7, 11) is 0. The van der Waals surface area contributed by atoms with Gasteiger partial charge in [0.15, 0.2) is 0 Å². The van der Waals surface area contributed by atoms with Crippen LogP contribution in [0.3, 0.4) is 0 Å². The summed E-state index contributed by atoms with van der Waals surface area (Å²) in [4.78, 5) is 0. The highest BCUT2D eigenvalue weighted by Crippen LogP contribution is 2.28. The molecule has 0 unspecified atom stereocenters. The monoisotopic (exact) mass is 695 g/mol. The Kier molecular flexibility index (Phi) is 22.6. The summed E-state index contributed by atoms with van der Waals surface area (Å²) in [6.45, 7) is 28.1. The van der Waals surface area contributed by atoms with Crippen LogP contribution in [-0.2, 0) is 0 Å². The molecule has 51 heavy (non-hydrogen) atoms. The Labute approximate surface area is 315 Å². The smallest absolute Gasteiger partial charge is 0.119 e. The largest absolute Gasteiger partial charge is 0.491 e. The van der Waals surface area contributed by atoms with Crippen molar-refractivity contribution in [3.8, 4) is 11.5 Å². The van der Waals surface area contributed by atoms with Gasteiger partial charge in [-0.05, 0) is 123 Å². The number of benzene rings is 4. The van der Waals surface area contributed by atoms with Crippen molar-refractivity contribution in [1.29, 1.82) is 0 Å². The van der Waals surface area contributed by atoms with Gasteiger partial charge in [-0.25, -0.2) is 0 Å². The highest BCUT2D eigenvalue weighted by atomic mass is 16.5. The number of allylic oxidation sites excluding steroid dienone is 1. The number of aryl methyl sites for hydroxylation is 1. The summed E-state index contributed by atoms with van der Waals surface area (Å²) in [5.74, 6) is 4.43. The second-order valence-electron chi connectivity index (χ2n) is 15.1. The van der Waals surface area contributed by atoms with E-state index in [9.17, 15) is 0 Å². The molecule has 0 spiro atoms. The Balaban J connectivity index is 0.000000648. The molecule has 0 amide bonds. The van der Waals surface area contributed by atoms with Gasteiger partial charge >= 0.3 is 0 Å². The lowest BCUT2D eigenvalue weighted by molar-refractivity contribution is 0.242. The maximum Gasteiger partial charge on any atom is 0.119 e. The van der Waals surface area contributed by atoms with E-state index in [4.69, 9.17) is 9.47 Å². The van der Waals surface area contributed by atoms with Gasteiger partial charge in [0.2, 0.25) is 0 Å². The Morgan fingerprint density at radius 1 is 0.549 bits per heavy atom. The van der Waals surface area contributed by atoms with E-state index in [-0.39, 0.29) is 21.0 Å². The fraction of sp³-hybridized carbons (Fsp3) is 0.469. The second-order valence-corrected chi connectivity index (χ2v) is 15.1. The van der Waals surface area contributed by atoms with E-state index in [1.807, 2.05) is 32.0 Å². The molecule has 1 fully saturated rings. The number of hydrogen-bond acceptors (Lipinski definition) is 2. The molecule has 282 valence electrons. The van der Waals surface area contributed by atoms with Gasteiger partial charge in [0.1, 0.15) is 11.5 Å². The molecule has 0 heterocycles. The van der Waals surface area contributed by atoms with Crippen molar-refractivity contribution >= 4 is 6.08 Å². The predicted molar refractivity (Wildman–Crippen MR) is 229 cm³/mol. The topological polar surface area (TPSA) is 18.5 Å². The second kappa shape index (κ2) is 24.4. The number of ether oxygens (including phenoxy) is 2. The quantitative estimate of drug-likeness (QED) is 0.174. The molecule has 4 aromatic carbocycles. The van der Waals surface area contributed by atoms with E-state index in [1.165, 1.54) is 51.8 Å². The van der Waals surface area contributed by atoms with Crippen molar-refractivity contribution in [2.45, 2.75) is 154 Å². The molecule has 0 bridgehead atoms. The van der Waals surface area contributed by atoms with Crippen molar-refractivity contribution in [2.24, 2.45) is 0 Å². The molecule has 2 nitrogen and oxygen atoms in total. The van der Waals surface area contributed by atoms with Crippen LogP contribution in [0.5, 0.6) is 11.5 Å². The summed E-state index contributed by atoms with van der Waals surface area (Å²) in [5.41, 5.74) is 9.55. The van der Waals surface area contributed by atoms with Crippen LogP contribution in [0.25, 0.3) is 6.08 Å². The van der Waals surface area contributed by atoms with E-state index in [0.717, 1.165) is 11.5 Å². The number of rotatable bonds is 9. The van der Waals surface area contributed by atoms with Gasteiger partial charge in [-0.1, -0.05) is 160 Å². The highest BCUT2D eigenvalue weighted by Gasteiger charge is 2.23. The maximum atomic E-state index is 5.72. The van der Waals surface area contributed by atoms with Crippen LogP contribution in [0.1, 0.15) is 168 Å². The number of hydrogen-bond donors (Lipinski definition) is 0. The van der Waals surface area contributed by atoms with Crippen LogP contribution in [0, 0.1) is 6.92 Å². The van der Waals surface area contributed by atoms with Gasteiger partial charge < -0.3 is 9.47 Å². The lowest BCUT2D eigenvalue weighted by Crippen LogP contribution is -2.05. The van der Waals surface area contributed by atoms with Crippen LogP contribution < -0.4 is 9.47 Å².